The van der Waals surface area contributed by atoms with Gasteiger partial charge >= 0.3 is 5.97 Å². The van der Waals surface area contributed by atoms with E-state index in [-0.39, 0.29) is 6.54 Å². The van der Waals surface area contributed by atoms with Gasteiger partial charge in [-0.3, -0.25) is 4.79 Å². The van der Waals surface area contributed by atoms with E-state index in [0.717, 1.165) is 19.2 Å². The van der Waals surface area contributed by atoms with Gasteiger partial charge in [-0.25, -0.2) is 17.5 Å². The van der Waals surface area contributed by atoms with Crippen LogP contribution in [-0.4, -0.2) is 33.4 Å². The van der Waals surface area contributed by atoms with Crippen molar-refractivity contribution in [3.05, 3.63) is 30.1 Å². The molecule has 0 saturated carbocycles. The summed E-state index contributed by atoms with van der Waals surface area (Å²) in [6, 6.07) is 4.88. The molecule has 0 fully saturated rings. The molecule has 1 atom stereocenters. The normalized spacial score (nSPS) is 13.1. The third-order valence-electron chi connectivity index (χ3n) is 2.04. The zero-order valence-corrected chi connectivity index (χ0v) is 11.0. The van der Waals surface area contributed by atoms with Crippen molar-refractivity contribution in [1.82, 2.24) is 4.72 Å². The second-order valence-corrected chi connectivity index (χ2v) is 5.54. The summed E-state index contributed by atoms with van der Waals surface area (Å²) in [6.07, 6.45) is 0. The van der Waals surface area contributed by atoms with Crippen molar-refractivity contribution in [1.29, 1.82) is 0 Å². The van der Waals surface area contributed by atoms with E-state index in [1.54, 1.807) is 0 Å². The van der Waals surface area contributed by atoms with Crippen LogP contribution in [0.1, 0.15) is 0 Å². The van der Waals surface area contributed by atoms with Gasteiger partial charge in [-0.1, -0.05) is 12.1 Å². The first kappa shape index (κ1) is 14.9. The predicted octanol–water partition coefficient (Wildman–Crippen LogP) is 0.884. The van der Waals surface area contributed by atoms with Crippen molar-refractivity contribution in [3.63, 3.8) is 0 Å². The van der Waals surface area contributed by atoms with E-state index in [0.29, 0.717) is 0 Å². The molecule has 0 aliphatic heterocycles. The molecule has 0 aliphatic carbocycles. The van der Waals surface area contributed by atoms with Crippen molar-refractivity contribution < 1.29 is 22.3 Å². The zero-order chi connectivity index (χ0) is 13.8. The van der Waals surface area contributed by atoms with E-state index in [9.17, 15) is 17.6 Å². The highest BCUT2D eigenvalue weighted by Gasteiger charge is 2.22. The van der Waals surface area contributed by atoms with Crippen LogP contribution in [-0.2, 0) is 19.6 Å². The van der Waals surface area contributed by atoms with Gasteiger partial charge in [0.1, 0.15) is 16.1 Å². The number of methoxy groups -OCH3 is 1. The van der Waals surface area contributed by atoms with Crippen molar-refractivity contribution in [2.24, 2.45) is 0 Å². The number of rotatable bonds is 5. The highest BCUT2D eigenvalue weighted by Crippen LogP contribution is 2.13. The summed E-state index contributed by atoms with van der Waals surface area (Å²) in [7, 11) is -2.92. The van der Waals surface area contributed by atoms with Gasteiger partial charge in [0.2, 0.25) is 10.0 Å². The average molecular weight is 296 g/mol. The summed E-state index contributed by atoms with van der Waals surface area (Å²) in [4.78, 5) is 10.5. The predicted molar refractivity (Wildman–Crippen MR) is 63.2 cm³/mol. The fraction of sp³-hybridized carbons (Fsp3) is 0.300. The van der Waals surface area contributed by atoms with Crippen LogP contribution in [0.15, 0.2) is 29.2 Å². The Labute approximate surface area is 109 Å². The van der Waals surface area contributed by atoms with Crippen LogP contribution < -0.4 is 4.72 Å². The van der Waals surface area contributed by atoms with Crippen LogP contribution in [0.25, 0.3) is 0 Å². The summed E-state index contributed by atoms with van der Waals surface area (Å²) in [5.41, 5.74) is 0. The van der Waals surface area contributed by atoms with E-state index in [2.05, 4.69) is 4.74 Å². The topological polar surface area (TPSA) is 72.5 Å². The molecule has 0 aliphatic rings. The van der Waals surface area contributed by atoms with Crippen molar-refractivity contribution in [2.45, 2.75) is 10.3 Å². The molecule has 0 bridgehead atoms. The first-order valence-electron chi connectivity index (χ1n) is 4.84. The Morgan fingerprint density at radius 2 is 2.11 bits per heavy atom. The third-order valence-corrected chi connectivity index (χ3v) is 3.82. The maximum atomic E-state index is 13.3. The first-order chi connectivity index (χ1) is 8.38. The van der Waals surface area contributed by atoms with Gasteiger partial charge in [0.05, 0.1) is 7.11 Å². The number of esters is 1. The summed E-state index contributed by atoms with van der Waals surface area (Å²) in [5.74, 6) is -1.65. The fourth-order valence-corrected chi connectivity index (χ4v) is 2.52. The standard InChI is InChI=1S/C10H11ClFNO4S/c1-17-10(14)7(11)6-13-18(15,16)9-5-3-2-4-8(9)12/h2-5,7,13H,6H2,1H3. The smallest absolute Gasteiger partial charge is 0.325 e. The number of halogens is 2. The maximum absolute atomic E-state index is 13.3. The second kappa shape index (κ2) is 6.12. The molecule has 1 rings (SSSR count). The molecule has 0 aromatic heterocycles. The van der Waals surface area contributed by atoms with Crippen LogP contribution in [0.3, 0.4) is 0 Å². The van der Waals surface area contributed by atoms with Crippen molar-refractivity contribution in [2.75, 3.05) is 13.7 Å². The summed E-state index contributed by atoms with van der Waals surface area (Å²) >= 11 is 5.57. The second-order valence-electron chi connectivity index (χ2n) is 3.27. The third kappa shape index (κ3) is 3.66. The van der Waals surface area contributed by atoms with E-state index in [1.165, 1.54) is 12.1 Å². The number of carbonyl (C=O) groups is 1. The minimum atomic E-state index is -4.04. The van der Waals surface area contributed by atoms with Crippen LogP contribution in [0.2, 0.25) is 0 Å². The molecule has 0 saturated heterocycles. The molecule has 0 heterocycles. The number of benzene rings is 1. The van der Waals surface area contributed by atoms with Crippen LogP contribution >= 0.6 is 11.6 Å². The molecule has 1 unspecified atom stereocenters. The highest BCUT2D eigenvalue weighted by atomic mass is 35.5. The Bertz CT molecular complexity index is 534. The monoisotopic (exact) mass is 295 g/mol. The minimum Gasteiger partial charge on any atom is -0.468 e. The number of sulfonamides is 1. The maximum Gasteiger partial charge on any atom is 0.325 e. The summed E-state index contributed by atoms with van der Waals surface area (Å²) in [6.45, 7) is -0.384. The van der Waals surface area contributed by atoms with Gasteiger partial charge in [-0.05, 0) is 12.1 Å². The van der Waals surface area contributed by atoms with Gasteiger partial charge in [-0.15, -0.1) is 11.6 Å². The Morgan fingerprint density at radius 1 is 1.50 bits per heavy atom. The lowest BCUT2D eigenvalue weighted by atomic mass is 10.4. The quantitative estimate of drug-likeness (QED) is 0.647. The Kier molecular flexibility index (Phi) is 5.06. The zero-order valence-electron chi connectivity index (χ0n) is 9.39. The Balaban J connectivity index is 2.78. The van der Waals surface area contributed by atoms with Crippen molar-refractivity contribution in [3.8, 4) is 0 Å². The van der Waals surface area contributed by atoms with E-state index in [1.807, 2.05) is 4.72 Å². The van der Waals surface area contributed by atoms with Crippen LogP contribution in [0.4, 0.5) is 4.39 Å². The lowest BCUT2D eigenvalue weighted by Crippen LogP contribution is -2.34. The number of ether oxygens (including phenoxy) is 1. The van der Waals surface area contributed by atoms with Crippen LogP contribution in [0, 0.1) is 5.82 Å². The average Bonchev–Trinajstić information content (AvgIpc) is 2.35. The lowest BCUT2D eigenvalue weighted by Gasteiger charge is -2.10. The molecule has 8 heteroatoms. The largest absolute Gasteiger partial charge is 0.468 e. The lowest BCUT2D eigenvalue weighted by molar-refractivity contribution is -0.140. The number of hydrogen-bond donors (Lipinski definition) is 1. The van der Waals surface area contributed by atoms with E-state index < -0.39 is 32.1 Å². The van der Waals surface area contributed by atoms with Gasteiger partial charge in [0.15, 0.2) is 0 Å². The van der Waals surface area contributed by atoms with E-state index in [4.69, 9.17) is 11.6 Å². The highest BCUT2D eigenvalue weighted by molar-refractivity contribution is 7.89. The molecule has 0 radical (unpaired) electrons. The van der Waals surface area contributed by atoms with Gasteiger partial charge < -0.3 is 4.74 Å². The summed E-state index contributed by atoms with van der Waals surface area (Å²) in [5, 5.41) is -1.17. The van der Waals surface area contributed by atoms with Gasteiger partial charge in [-0.2, -0.15) is 0 Å². The summed E-state index contributed by atoms with van der Waals surface area (Å²) < 4.78 is 43.1. The number of nitrogens with one attached hydrogen (secondary N) is 1. The molecule has 1 N–H and O–H groups in total. The molecular weight excluding hydrogens is 285 g/mol. The fourth-order valence-electron chi connectivity index (χ4n) is 1.13. The number of hydrogen-bond acceptors (Lipinski definition) is 4. The SMILES string of the molecule is COC(=O)C(Cl)CNS(=O)(=O)c1ccccc1F. The van der Waals surface area contributed by atoms with Gasteiger partial charge in [0, 0.05) is 6.54 Å². The molecule has 18 heavy (non-hydrogen) atoms. The minimum absolute atomic E-state index is 0.384. The van der Waals surface area contributed by atoms with E-state index >= 15 is 0 Å². The van der Waals surface area contributed by atoms with Crippen LogP contribution in [0.5, 0.6) is 0 Å². The molecule has 1 aromatic carbocycles. The Morgan fingerprint density at radius 3 is 2.67 bits per heavy atom. The molecular formula is C10H11ClFNO4S. The van der Waals surface area contributed by atoms with Gasteiger partial charge in [0.25, 0.3) is 0 Å². The van der Waals surface area contributed by atoms with Crippen molar-refractivity contribution >= 4 is 27.6 Å². The molecule has 0 spiro atoms. The molecule has 0 amide bonds. The molecule has 1 aromatic rings. The number of alkyl halides is 1. The molecule has 100 valence electrons. The number of carbonyl (C=O) groups excluding carboxylic acids is 1. The Hall–Kier alpha value is -1.18. The molecule has 5 nitrogen and oxygen atoms in total. The first-order valence-corrected chi connectivity index (χ1v) is 6.76.